The summed E-state index contributed by atoms with van der Waals surface area (Å²) in [4.78, 5) is 0. The van der Waals surface area contributed by atoms with E-state index >= 15 is 0 Å². The van der Waals surface area contributed by atoms with Crippen LogP contribution in [0.5, 0.6) is 5.75 Å². The maximum Gasteiger partial charge on any atom is 0.138 e. The molecule has 3 nitrogen and oxygen atoms in total. The zero-order valence-electron chi connectivity index (χ0n) is 10.7. The van der Waals surface area contributed by atoms with Crippen LogP contribution in [-0.2, 0) is 0 Å². The molecule has 0 radical (unpaired) electrons. The lowest BCUT2D eigenvalue weighted by molar-refractivity contribution is 0.101. The third-order valence-electron chi connectivity index (χ3n) is 2.82. The Labute approximate surface area is 125 Å². The van der Waals surface area contributed by atoms with Gasteiger partial charge in [0.1, 0.15) is 41.7 Å². The molecule has 0 aliphatic rings. The first-order valence-electron chi connectivity index (χ1n) is 5.98. The maximum atomic E-state index is 13.5. The van der Waals surface area contributed by atoms with Crippen LogP contribution in [0.1, 0.15) is 17.2 Å². The van der Waals surface area contributed by atoms with E-state index in [-0.39, 0.29) is 16.3 Å². The van der Waals surface area contributed by atoms with Crippen LogP contribution in [0.2, 0.25) is 5.02 Å². The highest BCUT2D eigenvalue weighted by molar-refractivity contribution is 6.31. The predicted molar refractivity (Wildman–Crippen MR) is 73.0 cm³/mol. The molecule has 0 spiro atoms. The number of nitriles is 1. The maximum absolute atomic E-state index is 13.5. The van der Waals surface area contributed by atoms with Crippen molar-refractivity contribution in [3.05, 3.63) is 64.2 Å². The Morgan fingerprint density at radius 1 is 1.19 bits per heavy atom. The highest BCUT2D eigenvalue weighted by Gasteiger charge is 2.19. The van der Waals surface area contributed by atoms with Crippen molar-refractivity contribution in [3.63, 3.8) is 0 Å². The zero-order valence-corrected chi connectivity index (χ0v) is 11.4. The minimum atomic E-state index is -1.50. The van der Waals surface area contributed by atoms with Crippen molar-refractivity contribution < 1.29 is 18.6 Å². The topological polar surface area (TPSA) is 53.2 Å². The lowest BCUT2D eigenvalue weighted by Gasteiger charge is -2.15. The minimum absolute atomic E-state index is 0.0976. The van der Waals surface area contributed by atoms with Gasteiger partial charge in [-0.15, -0.1) is 0 Å². The number of aliphatic hydroxyl groups excluding tert-OH is 1. The van der Waals surface area contributed by atoms with Crippen molar-refractivity contribution >= 4 is 11.6 Å². The summed E-state index contributed by atoms with van der Waals surface area (Å²) in [6, 6.07) is 9.71. The van der Waals surface area contributed by atoms with Crippen LogP contribution in [0.4, 0.5) is 8.78 Å². The van der Waals surface area contributed by atoms with Gasteiger partial charge in [-0.25, -0.2) is 8.78 Å². The fraction of sp³-hybridized carbons (Fsp3) is 0.133. The average Bonchev–Trinajstić information content (AvgIpc) is 2.45. The van der Waals surface area contributed by atoms with Gasteiger partial charge in [-0.3, -0.25) is 0 Å². The summed E-state index contributed by atoms with van der Waals surface area (Å²) in [7, 11) is 0. The van der Waals surface area contributed by atoms with Crippen molar-refractivity contribution in [3.8, 4) is 11.8 Å². The smallest absolute Gasteiger partial charge is 0.138 e. The second-order valence-corrected chi connectivity index (χ2v) is 4.59. The van der Waals surface area contributed by atoms with Gasteiger partial charge in [-0.05, 0) is 24.3 Å². The van der Waals surface area contributed by atoms with Crippen LogP contribution < -0.4 is 4.74 Å². The highest BCUT2D eigenvalue weighted by atomic mass is 35.5. The molecule has 0 amide bonds. The van der Waals surface area contributed by atoms with Gasteiger partial charge in [0, 0.05) is 0 Å². The average molecular weight is 310 g/mol. The van der Waals surface area contributed by atoms with Gasteiger partial charge in [0.25, 0.3) is 0 Å². The first-order valence-corrected chi connectivity index (χ1v) is 6.35. The first kappa shape index (κ1) is 15.2. The molecule has 0 bridgehead atoms. The summed E-state index contributed by atoms with van der Waals surface area (Å²) in [5, 5.41) is 19.0. The van der Waals surface area contributed by atoms with Crippen LogP contribution in [0, 0.1) is 23.0 Å². The number of rotatable bonds is 4. The Morgan fingerprint density at radius 3 is 2.43 bits per heavy atom. The Balaban J connectivity index is 2.18. The van der Waals surface area contributed by atoms with E-state index in [4.69, 9.17) is 21.6 Å². The van der Waals surface area contributed by atoms with Crippen LogP contribution in [0.3, 0.4) is 0 Å². The van der Waals surface area contributed by atoms with Gasteiger partial charge >= 0.3 is 0 Å². The molecule has 0 saturated carbocycles. The zero-order chi connectivity index (χ0) is 15.4. The molecular formula is C15H10ClF2NO2. The van der Waals surface area contributed by atoms with Crippen molar-refractivity contribution in [2.45, 2.75) is 6.10 Å². The highest BCUT2D eigenvalue weighted by Crippen LogP contribution is 2.27. The predicted octanol–water partition coefficient (Wildman–Crippen LogP) is 3.60. The van der Waals surface area contributed by atoms with E-state index in [1.54, 1.807) is 6.07 Å². The second-order valence-electron chi connectivity index (χ2n) is 4.19. The fourth-order valence-corrected chi connectivity index (χ4v) is 2.02. The number of ether oxygens (including phenoxy) is 1. The number of hydrogen-bond acceptors (Lipinski definition) is 3. The number of halogens is 3. The molecule has 0 heterocycles. The standard InChI is InChI=1S/C15H10ClF2NO2/c16-10-3-1-6-14(9(10)7-19)21-8-13(20)15-11(17)4-2-5-12(15)18/h1-6,13,20H,8H2. The van der Waals surface area contributed by atoms with Gasteiger partial charge in [0.05, 0.1) is 10.6 Å². The van der Waals surface area contributed by atoms with E-state index in [0.717, 1.165) is 12.1 Å². The first-order chi connectivity index (χ1) is 10.0. The third-order valence-corrected chi connectivity index (χ3v) is 3.13. The Morgan fingerprint density at radius 2 is 1.81 bits per heavy atom. The van der Waals surface area contributed by atoms with E-state index in [9.17, 15) is 13.9 Å². The van der Waals surface area contributed by atoms with Crippen molar-refractivity contribution in [2.24, 2.45) is 0 Å². The molecule has 2 aromatic carbocycles. The number of nitrogens with zero attached hydrogens (tertiary/aromatic N) is 1. The SMILES string of the molecule is N#Cc1c(Cl)cccc1OCC(O)c1c(F)cccc1F. The van der Waals surface area contributed by atoms with Gasteiger partial charge in [-0.2, -0.15) is 5.26 Å². The monoisotopic (exact) mass is 309 g/mol. The molecule has 1 N–H and O–H groups in total. The summed E-state index contributed by atoms with van der Waals surface area (Å²) in [6.07, 6.45) is -1.50. The van der Waals surface area contributed by atoms with E-state index < -0.39 is 29.9 Å². The summed E-state index contributed by atoms with van der Waals surface area (Å²) in [6.45, 7) is -0.410. The number of hydrogen-bond donors (Lipinski definition) is 1. The largest absolute Gasteiger partial charge is 0.489 e. The van der Waals surface area contributed by atoms with Crippen LogP contribution in [0.25, 0.3) is 0 Å². The molecule has 1 unspecified atom stereocenters. The van der Waals surface area contributed by atoms with Crippen LogP contribution in [-0.4, -0.2) is 11.7 Å². The number of benzene rings is 2. The Hall–Kier alpha value is -2.16. The summed E-state index contributed by atoms with van der Waals surface area (Å²) < 4.78 is 32.3. The molecule has 0 aliphatic heterocycles. The van der Waals surface area contributed by atoms with Gasteiger partial charge < -0.3 is 9.84 Å². The van der Waals surface area contributed by atoms with Crippen molar-refractivity contribution in [2.75, 3.05) is 6.61 Å². The molecule has 0 fully saturated rings. The molecule has 6 heteroatoms. The van der Waals surface area contributed by atoms with Gasteiger partial charge in [0.15, 0.2) is 0 Å². The van der Waals surface area contributed by atoms with E-state index in [1.165, 1.54) is 18.2 Å². The molecule has 2 rings (SSSR count). The lowest BCUT2D eigenvalue weighted by atomic mass is 10.1. The van der Waals surface area contributed by atoms with Gasteiger partial charge in [0.2, 0.25) is 0 Å². The third kappa shape index (κ3) is 3.30. The van der Waals surface area contributed by atoms with E-state index in [0.29, 0.717) is 0 Å². The van der Waals surface area contributed by atoms with Crippen molar-refractivity contribution in [1.82, 2.24) is 0 Å². The fourth-order valence-electron chi connectivity index (χ4n) is 1.81. The van der Waals surface area contributed by atoms with Gasteiger partial charge in [-0.1, -0.05) is 23.7 Å². The molecule has 1 atom stereocenters. The van der Waals surface area contributed by atoms with E-state index in [2.05, 4.69) is 0 Å². The Bertz CT molecular complexity index is 680. The molecule has 108 valence electrons. The molecule has 2 aromatic rings. The van der Waals surface area contributed by atoms with Crippen LogP contribution >= 0.6 is 11.6 Å². The molecule has 0 aliphatic carbocycles. The quantitative estimate of drug-likeness (QED) is 0.938. The molecule has 21 heavy (non-hydrogen) atoms. The Kier molecular flexibility index (Phi) is 4.73. The van der Waals surface area contributed by atoms with Crippen LogP contribution in [0.15, 0.2) is 36.4 Å². The molecule has 0 aromatic heterocycles. The number of aliphatic hydroxyl groups is 1. The van der Waals surface area contributed by atoms with Crippen molar-refractivity contribution in [1.29, 1.82) is 5.26 Å². The molecule has 0 saturated heterocycles. The lowest BCUT2D eigenvalue weighted by Crippen LogP contribution is -2.13. The summed E-state index contributed by atoms with van der Waals surface area (Å²) in [5.74, 6) is -1.59. The summed E-state index contributed by atoms with van der Waals surface area (Å²) in [5.41, 5.74) is -0.376. The minimum Gasteiger partial charge on any atom is -0.489 e. The molecular weight excluding hydrogens is 300 g/mol. The summed E-state index contributed by atoms with van der Waals surface area (Å²) >= 11 is 5.83. The normalized spacial score (nSPS) is 11.8. The van der Waals surface area contributed by atoms with E-state index in [1.807, 2.05) is 6.07 Å². The second kappa shape index (κ2) is 6.53.